The number of carbonyl (C=O) groups excluding carboxylic acids is 2. The van der Waals surface area contributed by atoms with Crippen LogP contribution in [-0.2, 0) is 19.1 Å². The van der Waals surface area contributed by atoms with Crippen molar-refractivity contribution in [1.82, 2.24) is 0 Å². The third kappa shape index (κ3) is 17.7. The summed E-state index contributed by atoms with van der Waals surface area (Å²) in [6.45, 7) is 22.4. The average molecular weight is 881 g/mol. The van der Waals surface area contributed by atoms with Crippen LogP contribution in [0.5, 0.6) is 0 Å². The molecule has 6 nitrogen and oxygen atoms in total. The van der Waals surface area contributed by atoms with Crippen LogP contribution in [0.15, 0.2) is 113 Å². The number of allylic oxidation sites excluding steroid dienone is 15. The van der Waals surface area contributed by atoms with Gasteiger partial charge in [-0.1, -0.05) is 190 Å². The van der Waals surface area contributed by atoms with E-state index in [1.165, 1.54) is 77.0 Å². The number of ether oxygens (including phenoxy) is 2. The lowest BCUT2D eigenvalue weighted by Gasteiger charge is -2.43. The van der Waals surface area contributed by atoms with E-state index in [0.717, 1.165) is 35.1 Å². The van der Waals surface area contributed by atoms with Gasteiger partial charge in [0, 0.05) is 36.3 Å². The fraction of sp³-hybridized carbons (Fsp3) is 0.638. The van der Waals surface area contributed by atoms with Crippen LogP contribution in [0.1, 0.15) is 198 Å². The number of fused-ring (bicyclic) bond motifs is 1. The van der Waals surface area contributed by atoms with Gasteiger partial charge >= 0.3 is 5.97 Å². The second-order valence-electron chi connectivity index (χ2n) is 21.1. The fourth-order valence-electron chi connectivity index (χ4n) is 10.2. The summed E-state index contributed by atoms with van der Waals surface area (Å²) in [5, 5.41) is 21.1. The summed E-state index contributed by atoms with van der Waals surface area (Å²) in [6.07, 6.45) is 45.4. The maximum absolute atomic E-state index is 13.5. The van der Waals surface area contributed by atoms with Gasteiger partial charge < -0.3 is 19.7 Å². The van der Waals surface area contributed by atoms with E-state index in [-0.39, 0.29) is 28.7 Å². The SMILES string of the molecule is CCCCCCCCCCCCCCC/C=C/C(=O)O[C@H]1CC(C)(C)[C@]2(CC(=O)/C(C)=C/C=C/C(C)=C/C=C/C=C(C)/C=C/C=C(\C)C=C=C3C(C)(C)C[C@H](O)C[C@@]3(C)O)O[C@]2(C)C1. The number of hydrogen-bond acceptors (Lipinski definition) is 6. The topological polar surface area (TPSA) is 96.4 Å². The molecule has 1 saturated heterocycles. The molecule has 0 bridgehead atoms. The van der Waals surface area contributed by atoms with Gasteiger partial charge in [0.15, 0.2) is 5.78 Å². The number of carbonyl (C=O) groups is 2. The van der Waals surface area contributed by atoms with Gasteiger partial charge in [0.2, 0.25) is 0 Å². The first-order chi connectivity index (χ1) is 30.2. The van der Waals surface area contributed by atoms with E-state index in [4.69, 9.17) is 9.47 Å². The van der Waals surface area contributed by atoms with Crippen LogP contribution in [0.3, 0.4) is 0 Å². The summed E-state index contributed by atoms with van der Waals surface area (Å²) in [4.78, 5) is 26.3. The van der Waals surface area contributed by atoms with Gasteiger partial charge in [0.25, 0.3) is 0 Å². The monoisotopic (exact) mass is 881 g/mol. The molecule has 0 unspecified atom stereocenters. The van der Waals surface area contributed by atoms with Crippen LogP contribution in [0, 0.1) is 10.8 Å². The van der Waals surface area contributed by atoms with Crippen molar-refractivity contribution in [2.45, 2.75) is 227 Å². The predicted octanol–water partition coefficient (Wildman–Crippen LogP) is 14.7. The van der Waals surface area contributed by atoms with E-state index in [1.807, 2.05) is 114 Å². The van der Waals surface area contributed by atoms with Crippen molar-refractivity contribution in [1.29, 1.82) is 0 Å². The Morgan fingerprint density at radius 1 is 0.688 bits per heavy atom. The molecule has 3 rings (SSSR count). The summed E-state index contributed by atoms with van der Waals surface area (Å²) >= 11 is 0. The molecule has 0 aromatic rings. The average Bonchev–Trinajstić information content (AvgIpc) is 3.81. The Morgan fingerprint density at radius 2 is 1.22 bits per heavy atom. The molecule has 356 valence electrons. The molecule has 2 N–H and O–H groups in total. The molecule has 0 radical (unpaired) electrons. The van der Waals surface area contributed by atoms with Crippen molar-refractivity contribution in [3.8, 4) is 0 Å². The van der Waals surface area contributed by atoms with Gasteiger partial charge in [-0.2, -0.15) is 0 Å². The highest BCUT2D eigenvalue weighted by atomic mass is 16.6. The number of esters is 1. The predicted molar refractivity (Wildman–Crippen MR) is 268 cm³/mol. The molecule has 2 saturated carbocycles. The first-order valence-electron chi connectivity index (χ1n) is 24.9. The summed E-state index contributed by atoms with van der Waals surface area (Å²) in [6, 6.07) is 0. The van der Waals surface area contributed by atoms with Gasteiger partial charge in [-0.25, -0.2) is 4.79 Å². The highest BCUT2D eigenvalue weighted by molar-refractivity contribution is 5.96. The highest BCUT2D eigenvalue weighted by Gasteiger charge is 2.76. The van der Waals surface area contributed by atoms with Gasteiger partial charge in [-0.3, -0.25) is 4.79 Å². The van der Waals surface area contributed by atoms with Crippen LogP contribution >= 0.6 is 0 Å². The Hall–Kier alpha value is -3.54. The molecule has 1 aliphatic heterocycles. The fourth-order valence-corrected chi connectivity index (χ4v) is 10.2. The van der Waals surface area contributed by atoms with Crippen molar-refractivity contribution >= 4 is 11.8 Å². The van der Waals surface area contributed by atoms with Crippen LogP contribution < -0.4 is 0 Å². The lowest BCUT2D eigenvalue weighted by atomic mass is 9.61. The van der Waals surface area contributed by atoms with Crippen molar-refractivity contribution in [2.75, 3.05) is 0 Å². The maximum Gasteiger partial charge on any atom is 0.330 e. The molecule has 64 heavy (non-hydrogen) atoms. The number of aliphatic hydroxyl groups excluding tert-OH is 1. The Kier molecular flexibility index (Phi) is 22.2. The normalized spacial score (nSPS) is 27.4. The quantitative estimate of drug-likeness (QED) is 0.0224. The van der Waals surface area contributed by atoms with Crippen molar-refractivity contribution in [3.05, 3.63) is 113 Å². The van der Waals surface area contributed by atoms with Gasteiger partial charge in [0.05, 0.1) is 17.3 Å². The molecule has 2 aliphatic carbocycles. The van der Waals surface area contributed by atoms with E-state index in [0.29, 0.717) is 37.7 Å². The van der Waals surface area contributed by atoms with E-state index in [1.54, 1.807) is 13.0 Å². The van der Waals surface area contributed by atoms with Crippen molar-refractivity contribution < 1.29 is 29.3 Å². The minimum absolute atomic E-state index is 0.0725. The van der Waals surface area contributed by atoms with E-state index >= 15 is 0 Å². The lowest BCUT2D eigenvalue weighted by molar-refractivity contribution is -0.147. The first kappa shape index (κ1) is 54.8. The highest BCUT2D eigenvalue weighted by Crippen LogP contribution is 2.67. The molecule has 0 aromatic carbocycles. The summed E-state index contributed by atoms with van der Waals surface area (Å²) in [5.74, 6) is -0.210. The van der Waals surface area contributed by atoms with Gasteiger partial charge in [-0.05, 0) is 89.9 Å². The minimum Gasteiger partial charge on any atom is -0.459 e. The molecule has 0 amide bonds. The Bertz CT molecular complexity index is 1830. The zero-order valence-electron chi connectivity index (χ0n) is 42.1. The third-order valence-electron chi connectivity index (χ3n) is 13.8. The Balaban J connectivity index is 1.39. The third-order valence-corrected chi connectivity index (χ3v) is 13.8. The largest absolute Gasteiger partial charge is 0.459 e. The Morgan fingerprint density at radius 3 is 1.77 bits per heavy atom. The smallest absolute Gasteiger partial charge is 0.330 e. The number of Topliss-reactive ketones (excluding diaryl/α,β-unsaturated/α-hetero) is 1. The number of epoxide rings is 1. The number of hydrogen-bond donors (Lipinski definition) is 2. The second-order valence-corrected chi connectivity index (χ2v) is 21.1. The number of rotatable bonds is 26. The summed E-state index contributed by atoms with van der Waals surface area (Å²) < 4.78 is 12.4. The number of aliphatic hydroxyl groups is 2. The van der Waals surface area contributed by atoms with Gasteiger partial charge in [0.1, 0.15) is 11.7 Å². The Labute approximate surface area is 390 Å². The zero-order valence-corrected chi connectivity index (χ0v) is 42.1. The molecule has 1 heterocycles. The molecule has 3 aliphatic rings. The molecular weight excluding hydrogens is 793 g/mol. The second kappa shape index (κ2) is 26.0. The first-order valence-corrected chi connectivity index (χ1v) is 24.9. The number of ketones is 1. The molecule has 6 heteroatoms. The van der Waals surface area contributed by atoms with E-state index in [9.17, 15) is 19.8 Å². The van der Waals surface area contributed by atoms with Crippen LogP contribution in [-0.4, -0.2) is 51.0 Å². The van der Waals surface area contributed by atoms with Crippen molar-refractivity contribution in [3.63, 3.8) is 0 Å². The van der Waals surface area contributed by atoms with E-state index < -0.39 is 22.9 Å². The van der Waals surface area contributed by atoms with E-state index in [2.05, 4.69) is 33.4 Å². The number of unbranched alkanes of at least 4 members (excludes halogenated alkanes) is 13. The molecule has 3 fully saturated rings. The van der Waals surface area contributed by atoms with Crippen LogP contribution in [0.25, 0.3) is 0 Å². The van der Waals surface area contributed by atoms with Gasteiger partial charge in [-0.15, -0.1) is 5.73 Å². The van der Waals surface area contributed by atoms with Crippen LogP contribution in [0.2, 0.25) is 0 Å². The molecular formula is C58H88O6. The van der Waals surface area contributed by atoms with Crippen LogP contribution in [0.4, 0.5) is 0 Å². The minimum atomic E-state index is -1.08. The maximum atomic E-state index is 13.5. The standard InChI is InChI=1S/C58H88O6/c1-12-13-14-15-16-17-18-19-20-21-22-23-24-25-26-37-53(61)63-50-42-55(8,9)58(57(11,43-50)64-58)44-51(60)48(5)36-30-35-46(3)32-28-27-31-45(2)33-29-34-47(4)38-39-52-54(6,7)40-49(59)41-56(52,10)62/h26-38,49-50,59,62H,12-25,40-44H2,1-11H3/b28-27+,33-29+,35-30+,37-26+,45-31+,46-32+,47-34+,48-36+/t39?,49-,50-,56+,57+,58-/m0/s1. The molecule has 0 spiro atoms. The summed E-state index contributed by atoms with van der Waals surface area (Å²) in [5.41, 5.74) is 5.21. The lowest BCUT2D eigenvalue weighted by Crippen LogP contribution is -2.49. The molecule has 0 aromatic heterocycles. The zero-order chi connectivity index (χ0) is 47.4. The molecule has 5 atom stereocenters. The van der Waals surface area contributed by atoms with Crippen molar-refractivity contribution in [2.24, 2.45) is 10.8 Å². The summed E-state index contributed by atoms with van der Waals surface area (Å²) in [7, 11) is 0.